The molecule has 78 valence electrons. The molecule has 0 aromatic carbocycles. The number of hydrogen-bond acceptors (Lipinski definition) is 4. The predicted octanol–water partition coefficient (Wildman–Crippen LogP) is 1.72. The van der Waals surface area contributed by atoms with Crippen LogP contribution in [0.25, 0.3) is 0 Å². The fourth-order valence-corrected chi connectivity index (χ4v) is 0.861. The van der Waals surface area contributed by atoms with Crippen molar-refractivity contribution in [2.24, 2.45) is 5.92 Å². The van der Waals surface area contributed by atoms with Gasteiger partial charge in [-0.25, -0.2) is 0 Å². The van der Waals surface area contributed by atoms with E-state index >= 15 is 0 Å². The Morgan fingerprint density at radius 2 is 2.07 bits per heavy atom. The highest BCUT2D eigenvalue weighted by atomic mass is 16.5. The van der Waals surface area contributed by atoms with Gasteiger partial charge >= 0.3 is 5.97 Å². The largest absolute Gasteiger partial charge is 0.461 e. The van der Waals surface area contributed by atoms with E-state index in [2.05, 4.69) is 6.58 Å². The number of nitrogens with zero attached hydrogens (tertiary/aromatic N) is 2. The standard InChI is InChI=1S/C11H12N2O2/c1-4-5-15-11(14)9(3)8(2)10(6-12)7-13/h4,9H,1,5H2,2-3H3. The average molecular weight is 204 g/mol. The van der Waals surface area contributed by atoms with Crippen LogP contribution < -0.4 is 0 Å². The lowest BCUT2D eigenvalue weighted by atomic mass is 9.98. The van der Waals surface area contributed by atoms with Gasteiger partial charge in [-0.1, -0.05) is 12.7 Å². The molecule has 0 aliphatic carbocycles. The van der Waals surface area contributed by atoms with Gasteiger partial charge in [0.15, 0.2) is 0 Å². The maximum atomic E-state index is 11.4. The topological polar surface area (TPSA) is 73.9 Å². The Labute approximate surface area is 89.1 Å². The zero-order valence-corrected chi connectivity index (χ0v) is 8.78. The van der Waals surface area contributed by atoms with Crippen molar-refractivity contribution in [3.05, 3.63) is 23.8 Å². The van der Waals surface area contributed by atoms with Gasteiger partial charge in [0.2, 0.25) is 0 Å². The lowest BCUT2D eigenvalue weighted by Crippen LogP contribution is -2.16. The van der Waals surface area contributed by atoms with Crippen LogP contribution in [0, 0.1) is 28.6 Å². The van der Waals surface area contributed by atoms with Gasteiger partial charge in [0, 0.05) is 0 Å². The first-order valence-corrected chi connectivity index (χ1v) is 4.37. The van der Waals surface area contributed by atoms with Crippen LogP contribution in [0.5, 0.6) is 0 Å². The third-order valence-corrected chi connectivity index (χ3v) is 1.96. The highest BCUT2D eigenvalue weighted by Gasteiger charge is 2.18. The summed E-state index contributed by atoms with van der Waals surface area (Å²) in [5.74, 6) is -1.05. The van der Waals surface area contributed by atoms with Crippen molar-refractivity contribution < 1.29 is 9.53 Å². The Bertz CT molecular complexity index is 353. The fraction of sp³-hybridized carbons (Fsp3) is 0.364. The van der Waals surface area contributed by atoms with Crippen LogP contribution in [0.2, 0.25) is 0 Å². The Kier molecular flexibility index (Phi) is 5.51. The predicted molar refractivity (Wildman–Crippen MR) is 54.2 cm³/mol. The zero-order chi connectivity index (χ0) is 11.8. The lowest BCUT2D eigenvalue weighted by molar-refractivity contribution is -0.145. The number of carbonyl (C=O) groups excluding carboxylic acids is 1. The normalized spacial score (nSPS) is 10.4. The second-order valence-corrected chi connectivity index (χ2v) is 2.92. The summed E-state index contributed by atoms with van der Waals surface area (Å²) in [6, 6.07) is 3.47. The fourth-order valence-electron chi connectivity index (χ4n) is 0.861. The molecule has 0 saturated carbocycles. The van der Waals surface area contributed by atoms with Crippen LogP contribution in [0.4, 0.5) is 0 Å². The third kappa shape index (κ3) is 3.66. The van der Waals surface area contributed by atoms with E-state index in [0.29, 0.717) is 5.57 Å². The Balaban J connectivity index is 4.73. The summed E-state index contributed by atoms with van der Waals surface area (Å²) in [7, 11) is 0. The first-order chi connectivity index (χ1) is 7.08. The number of nitriles is 2. The smallest absolute Gasteiger partial charge is 0.313 e. The van der Waals surface area contributed by atoms with Crippen LogP contribution in [0.15, 0.2) is 23.8 Å². The Hall–Kier alpha value is -2.07. The summed E-state index contributed by atoms with van der Waals surface area (Å²) in [4.78, 5) is 11.4. The van der Waals surface area contributed by atoms with E-state index in [0.717, 1.165) is 0 Å². The number of hydrogen-bond donors (Lipinski definition) is 0. The molecule has 0 aliphatic rings. The number of allylic oxidation sites excluding steroid dienone is 1. The molecule has 1 atom stereocenters. The number of carbonyl (C=O) groups is 1. The second-order valence-electron chi connectivity index (χ2n) is 2.92. The second kappa shape index (κ2) is 6.39. The van der Waals surface area contributed by atoms with E-state index in [9.17, 15) is 4.79 Å². The maximum absolute atomic E-state index is 11.4. The highest BCUT2D eigenvalue weighted by Crippen LogP contribution is 2.15. The minimum Gasteiger partial charge on any atom is -0.461 e. The molecule has 0 aromatic heterocycles. The van der Waals surface area contributed by atoms with Crippen molar-refractivity contribution in [1.82, 2.24) is 0 Å². The van der Waals surface area contributed by atoms with Crippen LogP contribution in [0.1, 0.15) is 13.8 Å². The third-order valence-electron chi connectivity index (χ3n) is 1.96. The van der Waals surface area contributed by atoms with Gasteiger partial charge in [0.25, 0.3) is 0 Å². The molecule has 0 aliphatic heterocycles. The van der Waals surface area contributed by atoms with Crippen molar-refractivity contribution in [2.45, 2.75) is 13.8 Å². The Morgan fingerprint density at radius 1 is 1.53 bits per heavy atom. The van der Waals surface area contributed by atoms with Gasteiger partial charge in [0.1, 0.15) is 24.3 Å². The number of ether oxygens (including phenoxy) is 1. The molecule has 0 spiro atoms. The van der Waals surface area contributed by atoms with Crippen molar-refractivity contribution in [1.29, 1.82) is 10.5 Å². The molecule has 15 heavy (non-hydrogen) atoms. The van der Waals surface area contributed by atoms with E-state index < -0.39 is 11.9 Å². The molecule has 0 heterocycles. The number of esters is 1. The van der Waals surface area contributed by atoms with Crippen molar-refractivity contribution in [3.8, 4) is 12.1 Å². The minimum absolute atomic E-state index is 0.0435. The summed E-state index contributed by atoms with van der Waals surface area (Å²) >= 11 is 0. The molecule has 4 nitrogen and oxygen atoms in total. The van der Waals surface area contributed by atoms with E-state index in [1.165, 1.54) is 6.08 Å². The van der Waals surface area contributed by atoms with E-state index in [4.69, 9.17) is 15.3 Å². The summed E-state index contributed by atoms with van der Waals surface area (Å²) in [6.45, 7) is 6.70. The monoisotopic (exact) mass is 204 g/mol. The summed E-state index contributed by atoms with van der Waals surface area (Å²) in [5, 5.41) is 17.2. The van der Waals surface area contributed by atoms with E-state index in [1.54, 1.807) is 26.0 Å². The molecular formula is C11H12N2O2. The van der Waals surface area contributed by atoms with Gasteiger partial charge in [-0.05, 0) is 19.4 Å². The number of rotatable bonds is 4. The molecule has 0 aromatic rings. The SMILES string of the molecule is C=CCOC(=O)C(C)C(C)=C(C#N)C#N. The van der Waals surface area contributed by atoms with E-state index in [-0.39, 0.29) is 12.2 Å². The molecule has 0 bridgehead atoms. The molecule has 0 N–H and O–H groups in total. The highest BCUT2D eigenvalue weighted by molar-refractivity contribution is 5.76. The summed E-state index contributed by atoms with van der Waals surface area (Å²) in [6.07, 6.45) is 1.46. The molecule has 0 rings (SSSR count). The van der Waals surface area contributed by atoms with Gasteiger partial charge in [0.05, 0.1) is 5.92 Å². The van der Waals surface area contributed by atoms with Crippen LogP contribution in [0.3, 0.4) is 0 Å². The lowest BCUT2D eigenvalue weighted by Gasteiger charge is -2.10. The molecule has 0 radical (unpaired) electrons. The molecule has 0 saturated heterocycles. The van der Waals surface area contributed by atoms with Gasteiger partial charge < -0.3 is 4.74 Å². The summed E-state index contributed by atoms with van der Waals surface area (Å²) < 4.78 is 4.80. The minimum atomic E-state index is -0.584. The molecular weight excluding hydrogens is 192 g/mol. The maximum Gasteiger partial charge on any atom is 0.313 e. The first kappa shape index (κ1) is 12.9. The van der Waals surface area contributed by atoms with Gasteiger partial charge in [-0.2, -0.15) is 10.5 Å². The molecule has 0 amide bonds. The van der Waals surface area contributed by atoms with Crippen molar-refractivity contribution in [3.63, 3.8) is 0 Å². The average Bonchev–Trinajstić information content (AvgIpc) is 2.26. The van der Waals surface area contributed by atoms with Crippen molar-refractivity contribution in [2.75, 3.05) is 6.61 Å². The van der Waals surface area contributed by atoms with Crippen LogP contribution >= 0.6 is 0 Å². The van der Waals surface area contributed by atoms with Crippen LogP contribution in [-0.2, 0) is 9.53 Å². The first-order valence-electron chi connectivity index (χ1n) is 4.37. The van der Waals surface area contributed by atoms with Crippen LogP contribution in [-0.4, -0.2) is 12.6 Å². The van der Waals surface area contributed by atoms with Crippen molar-refractivity contribution >= 4 is 5.97 Å². The molecule has 0 fully saturated rings. The summed E-state index contributed by atoms with van der Waals surface area (Å²) in [5.41, 5.74) is 0.382. The zero-order valence-electron chi connectivity index (χ0n) is 8.78. The Morgan fingerprint density at radius 3 is 2.47 bits per heavy atom. The molecule has 4 heteroatoms. The quantitative estimate of drug-likeness (QED) is 0.397. The van der Waals surface area contributed by atoms with Gasteiger partial charge in [-0.15, -0.1) is 0 Å². The van der Waals surface area contributed by atoms with E-state index in [1.807, 2.05) is 0 Å². The van der Waals surface area contributed by atoms with Gasteiger partial charge in [-0.3, -0.25) is 4.79 Å². The molecule has 1 unspecified atom stereocenters.